The van der Waals surface area contributed by atoms with Gasteiger partial charge in [-0.2, -0.15) is 0 Å². The molecular weight excluding hydrogens is 308 g/mol. The molecule has 0 aromatic heterocycles. The maximum atomic E-state index is 12.5. The molecule has 1 aromatic rings. The molecule has 0 saturated carbocycles. The summed E-state index contributed by atoms with van der Waals surface area (Å²) in [7, 11) is 1.61. The van der Waals surface area contributed by atoms with E-state index in [1.165, 1.54) is 4.90 Å². The van der Waals surface area contributed by atoms with Crippen LogP contribution in [0.25, 0.3) is 0 Å². The topological polar surface area (TPSA) is 67.9 Å². The molecule has 1 aliphatic heterocycles. The van der Waals surface area contributed by atoms with Crippen molar-refractivity contribution in [1.82, 2.24) is 10.2 Å². The fourth-order valence-corrected chi connectivity index (χ4v) is 2.67. The van der Waals surface area contributed by atoms with Crippen molar-refractivity contribution in [3.63, 3.8) is 0 Å². The van der Waals surface area contributed by atoms with Crippen LogP contribution in [0.5, 0.6) is 5.75 Å². The Morgan fingerprint density at radius 1 is 1.33 bits per heavy atom. The monoisotopic (exact) mass is 334 g/mol. The van der Waals surface area contributed by atoms with E-state index in [9.17, 15) is 9.59 Å². The first-order valence-electron chi connectivity index (χ1n) is 8.20. The van der Waals surface area contributed by atoms with E-state index >= 15 is 0 Å². The zero-order chi connectivity index (χ0) is 17.7. The highest BCUT2D eigenvalue weighted by Crippen LogP contribution is 2.21. The van der Waals surface area contributed by atoms with Gasteiger partial charge in [0, 0.05) is 13.1 Å². The first-order chi connectivity index (χ1) is 11.3. The molecule has 2 rings (SSSR count). The largest absolute Gasteiger partial charge is 0.497 e. The van der Waals surface area contributed by atoms with Crippen molar-refractivity contribution in [3.05, 3.63) is 29.8 Å². The number of nitrogens with one attached hydrogen (secondary N) is 1. The zero-order valence-corrected chi connectivity index (χ0v) is 14.8. The van der Waals surface area contributed by atoms with Gasteiger partial charge >= 0.3 is 6.09 Å². The molecule has 1 fully saturated rings. The second kappa shape index (κ2) is 7.55. The normalized spacial score (nSPS) is 17.5. The molecule has 0 bridgehead atoms. The number of hydrogen-bond donors (Lipinski definition) is 1. The quantitative estimate of drug-likeness (QED) is 0.919. The molecule has 0 aliphatic carbocycles. The van der Waals surface area contributed by atoms with Gasteiger partial charge in [0.15, 0.2) is 0 Å². The Kier molecular flexibility index (Phi) is 5.70. The summed E-state index contributed by atoms with van der Waals surface area (Å²) in [6, 6.07) is 7.06. The van der Waals surface area contributed by atoms with Crippen molar-refractivity contribution in [2.45, 2.75) is 51.8 Å². The number of likely N-dealkylation sites (tertiary alicyclic amines) is 1. The number of ether oxygens (including phenoxy) is 2. The Morgan fingerprint density at radius 3 is 2.75 bits per heavy atom. The molecule has 1 N–H and O–H groups in total. The highest BCUT2D eigenvalue weighted by Gasteiger charge is 2.36. The number of methoxy groups -OCH3 is 1. The SMILES string of the molecule is COc1cccc(CNC(=O)[C@@H]2CCCN2C(=O)OC(C)(C)C)c1. The Balaban J connectivity index is 1.94. The minimum absolute atomic E-state index is 0.152. The Hall–Kier alpha value is -2.24. The molecule has 132 valence electrons. The van der Waals surface area contributed by atoms with E-state index in [2.05, 4.69) is 5.32 Å². The first kappa shape index (κ1) is 18.1. The third kappa shape index (κ3) is 4.88. The molecule has 6 nitrogen and oxygen atoms in total. The average Bonchev–Trinajstić information content (AvgIpc) is 3.01. The maximum absolute atomic E-state index is 12.5. The van der Waals surface area contributed by atoms with Gasteiger partial charge in [0.1, 0.15) is 17.4 Å². The minimum Gasteiger partial charge on any atom is -0.497 e. The molecule has 0 unspecified atom stereocenters. The number of carbonyl (C=O) groups is 2. The molecule has 0 spiro atoms. The van der Waals surface area contributed by atoms with E-state index in [0.29, 0.717) is 19.5 Å². The van der Waals surface area contributed by atoms with Crippen LogP contribution in [-0.4, -0.2) is 42.2 Å². The summed E-state index contributed by atoms with van der Waals surface area (Å²) in [5.41, 5.74) is 0.380. The van der Waals surface area contributed by atoms with E-state index in [-0.39, 0.29) is 5.91 Å². The molecule has 1 heterocycles. The highest BCUT2D eigenvalue weighted by atomic mass is 16.6. The summed E-state index contributed by atoms with van der Waals surface area (Å²) < 4.78 is 10.6. The minimum atomic E-state index is -0.568. The summed E-state index contributed by atoms with van der Waals surface area (Å²) in [5.74, 6) is 0.596. The fourth-order valence-electron chi connectivity index (χ4n) is 2.67. The van der Waals surface area contributed by atoms with Gasteiger partial charge < -0.3 is 14.8 Å². The van der Waals surface area contributed by atoms with Gasteiger partial charge in [-0.1, -0.05) is 12.1 Å². The predicted molar refractivity (Wildman–Crippen MR) is 90.8 cm³/mol. The summed E-state index contributed by atoms with van der Waals surface area (Å²) in [6.07, 6.45) is 1.03. The molecule has 0 radical (unpaired) electrons. The number of rotatable bonds is 4. The number of nitrogens with zero attached hydrogens (tertiary/aromatic N) is 1. The Bertz CT molecular complexity index is 595. The van der Waals surface area contributed by atoms with Crippen molar-refractivity contribution in [2.75, 3.05) is 13.7 Å². The summed E-state index contributed by atoms with van der Waals surface area (Å²) >= 11 is 0. The van der Waals surface area contributed by atoms with Crippen LogP contribution in [0.15, 0.2) is 24.3 Å². The number of amides is 2. The van der Waals surface area contributed by atoms with Gasteiger partial charge in [-0.25, -0.2) is 4.79 Å². The van der Waals surface area contributed by atoms with Crippen molar-refractivity contribution >= 4 is 12.0 Å². The lowest BCUT2D eigenvalue weighted by atomic mass is 10.2. The van der Waals surface area contributed by atoms with Gasteiger partial charge in [-0.3, -0.25) is 9.69 Å². The van der Waals surface area contributed by atoms with E-state index in [0.717, 1.165) is 17.7 Å². The van der Waals surface area contributed by atoms with E-state index in [1.54, 1.807) is 7.11 Å². The van der Waals surface area contributed by atoms with Crippen molar-refractivity contribution in [1.29, 1.82) is 0 Å². The number of carbonyl (C=O) groups excluding carboxylic acids is 2. The van der Waals surface area contributed by atoms with Crippen LogP contribution in [0.3, 0.4) is 0 Å². The molecule has 24 heavy (non-hydrogen) atoms. The first-order valence-corrected chi connectivity index (χ1v) is 8.20. The molecule has 2 amide bonds. The average molecular weight is 334 g/mol. The van der Waals surface area contributed by atoms with Crippen LogP contribution in [0.1, 0.15) is 39.2 Å². The van der Waals surface area contributed by atoms with Crippen LogP contribution in [0.4, 0.5) is 4.79 Å². The molecular formula is C18H26N2O4. The zero-order valence-electron chi connectivity index (χ0n) is 14.8. The summed E-state index contributed by atoms with van der Waals surface area (Å²) in [4.78, 5) is 26.2. The smallest absolute Gasteiger partial charge is 0.410 e. The van der Waals surface area contributed by atoms with Crippen molar-refractivity contribution in [2.24, 2.45) is 0 Å². The number of benzene rings is 1. The lowest BCUT2D eigenvalue weighted by molar-refractivity contribution is -0.125. The van der Waals surface area contributed by atoms with Crippen LogP contribution in [0.2, 0.25) is 0 Å². The lowest BCUT2D eigenvalue weighted by Gasteiger charge is -2.28. The van der Waals surface area contributed by atoms with Crippen molar-refractivity contribution < 1.29 is 19.1 Å². The van der Waals surface area contributed by atoms with Gasteiger partial charge in [0.25, 0.3) is 0 Å². The molecule has 1 aliphatic rings. The lowest BCUT2D eigenvalue weighted by Crippen LogP contribution is -2.47. The Morgan fingerprint density at radius 2 is 2.08 bits per heavy atom. The standard InChI is InChI=1S/C18H26N2O4/c1-18(2,3)24-17(22)20-10-6-9-15(20)16(21)19-12-13-7-5-8-14(11-13)23-4/h5,7-8,11,15H,6,9-10,12H2,1-4H3,(H,19,21)/t15-/m0/s1. The van der Waals surface area contributed by atoms with E-state index < -0.39 is 17.7 Å². The maximum Gasteiger partial charge on any atom is 0.410 e. The summed E-state index contributed by atoms with van der Waals surface area (Å²) in [5, 5.41) is 2.90. The number of hydrogen-bond acceptors (Lipinski definition) is 4. The van der Waals surface area contributed by atoms with Gasteiger partial charge in [0.05, 0.1) is 7.11 Å². The third-order valence-corrected chi connectivity index (χ3v) is 3.78. The fraction of sp³-hybridized carbons (Fsp3) is 0.556. The molecule has 1 atom stereocenters. The van der Waals surface area contributed by atoms with Crippen molar-refractivity contribution in [3.8, 4) is 5.75 Å². The van der Waals surface area contributed by atoms with Crippen LogP contribution < -0.4 is 10.1 Å². The predicted octanol–water partition coefficient (Wildman–Crippen LogP) is 2.71. The Labute approximate surface area is 143 Å². The second-order valence-electron chi connectivity index (χ2n) is 6.90. The van der Waals surface area contributed by atoms with E-state index in [4.69, 9.17) is 9.47 Å². The van der Waals surface area contributed by atoms with Gasteiger partial charge in [-0.05, 0) is 51.3 Å². The molecule has 6 heteroatoms. The molecule has 1 saturated heterocycles. The third-order valence-electron chi connectivity index (χ3n) is 3.78. The summed E-state index contributed by atoms with van der Waals surface area (Å²) in [6.45, 7) is 6.40. The highest BCUT2D eigenvalue weighted by molar-refractivity contribution is 5.86. The van der Waals surface area contributed by atoms with Gasteiger partial charge in [-0.15, -0.1) is 0 Å². The van der Waals surface area contributed by atoms with Crippen LogP contribution in [0, 0.1) is 0 Å². The molecule has 1 aromatic carbocycles. The second-order valence-corrected chi connectivity index (χ2v) is 6.90. The van der Waals surface area contributed by atoms with E-state index in [1.807, 2.05) is 45.0 Å². The van der Waals surface area contributed by atoms with Crippen LogP contribution in [-0.2, 0) is 16.1 Å². The van der Waals surface area contributed by atoms with Gasteiger partial charge in [0.2, 0.25) is 5.91 Å². The van der Waals surface area contributed by atoms with Crippen LogP contribution >= 0.6 is 0 Å².